The first kappa shape index (κ1) is 10.3. The fourth-order valence-electron chi connectivity index (χ4n) is 0.910. The van der Waals surface area contributed by atoms with Gasteiger partial charge in [0.15, 0.2) is 4.87 Å². The van der Waals surface area contributed by atoms with Crippen molar-refractivity contribution in [1.82, 2.24) is 0 Å². The third-order valence-corrected chi connectivity index (χ3v) is 1.56. The van der Waals surface area contributed by atoms with Crippen LogP contribution in [0.5, 0.6) is 0 Å². The number of ether oxygens (including phenoxy) is 2. The average Bonchev–Trinajstić information content (AvgIpc) is 2.16. The van der Waals surface area contributed by atoms with E-state index in [-0.39, 0.29) is 16.5 Å². The highest BCUT2D eigenvalue weighted by Gasteiger charge is 2.38. The summed E-state index contributed by atoms with van der Waals surface area (Å²) in [5.74, 6) is -0.335. The number of nitrogens with zero attached hydrogens (tertiary/aromatic N) is 3. The minimum Gasteiger partial charge on any atom is -0.472 e. The molecule has 1 rings (SSSR count). The molecule has 0 radical (unpaired) electrons. The van der Waals surface area contributed by atoms with Gasteiger partial charge in [0.2, 0.25) is 0 Å². The Labute approximate surface area is 78.5 Å². The predicted molar refractivity (Wildman–Crippen MR) is 43.9 cm³/mol. The Balaban J connectivity index is 3.05. The molecule has 76 valence electrons. The summed E-state index contributed by atoms with van der Waals surface area (Å²) in [5.41, 5.74) is -0.383. The second kappa shape index (κ2) is 3.92. The lowest BCUT2D eigenvalue weighted by atomic mass is 10.3. The second-order valence-electron chi connectivity index (χ2n) is 2.35. The molecule has 14 heavy (non-hydrogen) atoms. The van der Waals surface area contributed by atoms with Crippen LogP contribution in [0.3, 0.4) is 0 Å². The van der Waals surface area contributed by atoms with Gasteiger partial charge in [0.05, 0.1) is 22.0 Å². The van der Waals surface area contributed by atoms with E-state index in [1.165, 1.54) is 14.2 Å². The average molecular weight is 202 g/mol. The van der Waals surface area contributed by atoms with Crippen molar-refractivity contribution in [2.24, 2.45) is 5.10 Å². The van der Waals surface area contributed by atoms with E-state index in [9.17, 15) is 15.0 Å². The summed E-state index contributed by atoms with van der Waals surface area (Å²) in [4.78, 5) is 21.0. The lowest BCUT2D eigenvalue weighted by Crippen LogP contribution is -2.30. The molecule has 1 heterocycles. The first-order chi connectivity index (χ1) is 6.60. The van der Waals surface area contributed by atoms with Crippen LogP contribution in [-0.2, 0) is 9.47 Å². The maximum Gasteiger partial charge on any atom is 0.366 e. The predicted octanol–water partition coefficient (Wildman–Crippen LogP) is -0.128. The lowest BCUT2D eigenvalue weighted by Gasteiger charge is -2.05. The van der Waals surface area contributed by atoms with Crippen LogP contribution in [0.4, 0.5) is 0 Å². The van der Waals surface area contributed by atoms with Gasteiger partial charge in [-0.15, -0.1) is 0 Å². The van der Waals surface area contributed by atoms with E-state index < -0.39 is 11.2 Å². The molecule has 1 atom stereocenters. The molecular formula is C6H8N3O5+. The fourth-order valence-corrected chi connectivity index (χ4v) is 0.910. The molecule has 0 spiro atoms. The van der Waals surface area contributed by atoms with Gasteiger partial charge in [-0.3, -0.25) is 10.1 Å². The van der Waals surface area contributed by atoms with Gasteiger partial charge >= 0.3 is 17.8 Å². The van der Waals surface area contributed by atoms with E-state index in [2.05, 4.69) is 14.6 Å². The van der Waals surface area contributed by atoms with Gasteiger partial charge in [-0.1, -0.05) is 0 Å². The van der Waals surface area contributed by atoms with Crippen molar-refractivity contribution in [2.75, 3.05) is 14.2 Å². The number of nitro groups is 1. The standard InChI is InChI=1S/C6H8N3O5/c1-13-5-3-4(9(11)12)6(14-2)7-8(5)10/h3,5H,1-2H3/q+1. The van der Waals surface area contributed by atoms with E-state index in [1.54, 1.807) is 0 Å². The Kier molecular flexibility index (Phi) is 2.87. The zero-order valence-corrected chi connectivity index (χ0v) is 7.54. The van der Waals surface area contributed by atoms with E-state index >= 15 is 0 Å². The minimum absolute atomic E-state index is 0.186. The summed E-state index contributed by atoms with van der Waals surface area (Å²) < 4.78 is 9.22. The van der Waals surface area contributed by atoms with Gasteiger partial charge in [-0.2, -0.15) is 0 Å². The molecule has 0 aromatic heterocycles. The largest absolute Gasteiger partial charge is 0.472 e. The van der Waals surface area contributed by atoms with Crippen molar-refractivity contribution in [1.29, 1.82) is 0 Å². The molecule has 8 nitrogen and oxygen atoms in total. The van der Waals surface area contributed by atoms with Crippen molar-refractivity contribution in [3.63, 3.8) is 0 Å². The molecule has 0 fully saturated rings. The van der Waals surface area contributed by atoms with Crippen molar-refractivity contribution in [3.8, 4) is 0 Å². The molecular weight excluding hydrogens is 194 g/mol. The minimum atomic E-state index is -1.09. The van der Waals surface area contributed by atoms with E-state index in [1.807, 2.05) is 0 Å². The van der Waals surface area contributed by atoms with Crippen LogP contribution in [0, 0.1) is 15.0 Å². The molecule has 0 saturated heterocycles. The number of nitroso groups, excluding NO2 is 1. The highest BCUT2D eigenvalue weighted by Crippen LogP contribution is 2.11. The van der Waals surface area contributed by atoms with Gasteiger partial charge < -0.3 is 9.47 Å². The number of methoxy groups -OCH3 is 2. The van der Waals surface area contributed by atoms with Crippen molar-refractivity contribution < 1.29 is 19.3 Å². The van der Waals surface area contributed by atoms with Crippen molar-refractivity contribution >= 4 is 5.90 Å². The summed E-state index contributed by atoms with van der Waals surface area (Å²) in [6, 6.07) is 0. The first-order valence-electron chi connectivity index (χ1n) is 3.58. The quantitative estimate of drug-likeness (QED) is 0.353. The maximum absolute atomic E-state index is 11.0. The third kappa shape index (κ3) is 1.74. The highest BCUT2D eigenvalue weighted by molar-refractivity contribution is 5.90. The molecule has 0 aromatic rings. The SMILES string of the molecule is COC1=N[N+](=O)C(OC)C=C1[N+](=O)[O-]. The van der Waals surface area contributed by atoms with Gasteiger partial charge in [-0.05, 0) is 0 Å². The van der Waals surface area contributed by atoms with Crippen LogP contribution in [0.2, 0.25) is 0 Å². The molecule has 1 aliphatic rings. The lowest BCUT2D eigenvalue weighted by molar-refractivity contribution is -0.626. The van der Waals surface area contributed by atoms with Crippen LogP contribution >= 0.6 is 0 Å². The summed E-state index contributed by atoms with van der Waals surface area (Å²) >= 11 is 0. The molecule has 1 unspecified atom stereocenters. The zero-order chi connectivity index (χ0) is 10.7. The Bertz CT molecular complexity index is 334. The second-order valence-corrected chi connectivity index (χ2v) is 2.35. The highest BCUT2D eigenvalue weighted by atomic mass is 16.6. The Morgan fingerprint density at radius 3 is 2.71 bits per heavy atom. The van der Waals surface area contributed by atoms with Crippen LogP contribution in [0.15, 0.2) is 16.9 Å². The van der Waals surface area contributed by atoms with Crippen LogP contribution in [0.1, 0.15) is 0 Å². The zero-order valence-electron chi connectivity index (χ0n) is 7.54. The normalized spacial score (nSPS) is 21.3. The van der Waals surface area contributed by atoms with E-state index in [4.69, 9.17) is 0 Å². The van der Waals surface area contributed by atoms with Gasteiger partial charge in [-0.25, -0.2) is 0 Å². The molecule has 0 saturated carbocycles. The Morgan fingerprint density at radius 1 is 1.64 bits per heavy atom. The maximum atomic E-state index is 11.0. The molecule has 8 heteroatoms. The number of hydrogen-bond donors (Lipinski definition) is 0. The van der Waals surface area contributed by atoms with Gasteiger partial charge in [0.25, 0.3) is 0 Å². The molecule has 0 aromatic carbocycles. The smallest absolute Gasteiger partial charge is 0.366 e. The van der Waals surface area contributed by atoms with Crippen LogP contribution in [-0.4, -0.2) is 36.1 Å². The fraction of sp³-hybridized carbons (Fsp3) is 0.500. The van der Waals surface area contributed by atoms with Crippen molar-refractivity contribution in [2.45, 2.75) is 6.23 Å². The summed E-state index contributed by atoms with van der Waals surface area (Å²) in [6.07, 6.45) is -0.0620. The Morgan fingerprint density at radius 2 is 2.29 bits per heavy atom. The number of hydrogen-bond acceptors (Lipinski definition) is 5. The monoisotopic (exact) mass is 202 g/mol. The molecule has 1 aliphatic heterocycles. The first-order valence-corrected chi connectivity index (χ1v) is 3.58. The topological polar surface area (TPSA) is 94.0 Å². The van der Waals surface area contributed by atoms with Crippen molar-refractivity contribution in [3.05, 3.63) is 26.8 Å². The van der Waals surface area contributed by atoms with Gasteiger partial charge in [0.1, 0.15) is 6.08 Å². The summed E-state index contributed by atoms with van der Waals surface area (Å²) in [6.45, 7) is 0. The molecule has 0 N–H and O–H groups in total. The number of hydrazone groups is 1. The molecule has 0 bridgehead atoms. The van der Waals surface area contributed by atoms with Crippen LogP contribution in [0.25, 0.3) is 0 Å². The molecule has 0 amide bonds. The van der Waals surface area contributed by atoms with Gasteiger partial charge in [0, 0.05) is 7.11 Å². The summed E-state index contributed by atoms with van der Waals surface area (Å²) in [5, 5.41) is 13.8. The number of rotatable bonds is 2. The van der Waals surface area contributed by atoms with Crippen LogP contribution < -0.4 is 0 Å². The third-order valence-electron chi connectivity index (χ3n) is 1.56. The molecule has 0 aliphatic carbocycles. The summed E-state index contributed by atoms with van der Waals surface area (Å²) in [7, 11) is 2.44. The Hall–Kier alpha value is -1.83. The van der Waals surface area contributed by atoms with E-state index in [0.29, 0.717) is 0 Å². The van der Waals surface area contributed by atoms with E-state index in [0.717, 1.165) is 6.08 Å².